The number of carbonyl (C=O) groups is 1. The van der Waals surface area contributed by atoms with Crippen molar-refractivity contribution in [2.75, 3.05) is 7.11 Å². The molecule has 5 heteroatoms. The lowest BCUT2D eigenvalue weighted by atomic mass is 10.1. The quantitative estimate of drug-likeness (QED) is 0.750. The molecule has 3 aromatic rings. The van der Waals surface area contributed by atoms with Gasteiger partial charge in [-0.2, -0.15) is 5.10 Å². The van der Waals surface area contributed by atoms with Crippen LogP contribution in [-0.2, 0) is 0 Å². The van der Waals surface area contributed by atoms with E-state index in [9.17, 15) is 4.79 Å². The van der Waals surface area contributed by atoms with Gasteiger partial charge in [-0.15, -0.1) is 0 Å². The lowest BCUT2D eigenvalue weighted by Gasteiger charge is -2.01. The summed E-state index contributed by atoms with van der Waals surface area (Å²) in [6.45, 7) is 0. The molecule has 100 valence electrons. The lowest BCUT2D eigenvalue weighted by Crippen LogP contribution is -2.02. The van der Waals surface area contributed by atoms with Crippen molar-refractivity contribution in [2.24, 2.45) is 0 Å². The van der Waals surface area contributed by atoms with Crippen LogP contribution in [-0.4, -0.2) is 23.1 Å². The van der Waals surface area contributed by atoms with E-state index >= 15 is 0 Å². The molecule has 3 rings (SSSR count). The Morgan fingerprint density at radius 1 is 1.20 bits per heavy atom. The fraction of sp³-hybridized carbons (Fsp3) is 0.0667. The average Bonchev–Trinajstić information content (AvgIpc) is 2.89. The molecular weight excluding hydrogens is 276 g/mol. The van der Waals surface area contributed by atoms with E-state index in [4.69, 9.17) is 16.3 Å². The van der Waals surface area contributed by atoms with Crippen molar-refractivity contribution in [1.82, 2.24) is 10.2 Å². The number of benzene rings is 2. The summed E-state index contributed by atoms with van der Waals surface area (Å²) in [4.78, 5) is 12.4. The minimum atomic E-state index is -0.138. The summed E-state index contributed by atoms with van der Waals surface area (Å²) in [5.41, 5.74) is 1.70. The Hall–Kier alpha value is -2.33. The maximum absolute atomic E-state index is 12.4. The predicted octanol–water partition coefficient (Wildman–Crippen LogP) is 3.46. The smallest absolute Gasteiger partial charge is 0.213 e. The Kier molecular flexibility index (Phi) is 3.16. The van der Waals surface area contributed by atoms with Crippen LogP contribution in [0.1, 0.15) is 16.1 Å². The van der Waals surface area contributed by atoms with E-state index in [2.05, 4.69) is 10.2 Å². The van der Waals surface area contributed by atoms with Gasteiger partial charge in [-0.05, 0) is 42.5 Å². The predicted molar refractivity (Wildman–Crippen MR) is 77.5 cm³/mol. The zero-order valence-corrected chi connectivity index (χ0v) is 11.4. The second kappa shape index (κ2) is 4.98. The lowest BCUT2D eigenvalue weighted by molar-refractivity contribution is 0.103. The molecule has 0 aliphatic carbocycles. The Balaban J connectivity index is 2.03. The topological polar surface area (TPSA) is 55.0 Å². The summed E-state index contributed by atoms with van der Waals surface area (Å²) < 4.78 is 5.08. The highest BCUT2D eigenvalue weighted by molar-refractivity contribution is 6.31. The van der Waals surface area contributed by atoms with Crippen molar-refractivity contribution in [3.8, 4) is 5.75 Å². The molecule has 0 atom stereocenters. The number of nitrogens with zero attached hydrogens (tertiary/aromatic N) is 1. The first-order valence-corrected chi connectivity index (χ1v) is 6.39. The number of fused-ring (bicyclic) bond motifs is 1. The molecule has 0 aliphatic heterocycles. The van der Waals surface area contributed by atoms with Crippen LogP contribution in [0, 0.1) is 0 Å². The van der Waals surface area contributed by atoms with Crippen molar-refractivity contribution in [2.45, 2.75) is 0 Å². The second-order valence-corrected chi connectivity index (χ2v) is 4.76. The number of hydrogen-bond acceptors (Lipinski definition) is 3. The summed E-state index contributed by atoms with van der Waals surface area (Å²) >= 11 is 5.91. The number of ether oxygens (including phenoxy) is 1. The SMILES string of the molecule is COc1ccc(C(=O)c2n[nH]c3cc(Cl)ccc23)cc1. The number of carbonyl (C=O) groups excluding carboxylic acids is 1. The van der Waals surface area contributed by atoms with Crippen LogP contribution in [0.4, 0.5) is 0 Å². The first-order valence-electron chi connectivity index (χ1n) is 6.01. The van der Waals surface area contributed by atoms with Crippen molar-refractivity contribution < 1.29 is 9.53 Å². The molecule has 1 N–H and O–H groups in total. The van der Waals surface area contributed by atoms with E-state index in [1.807, 2.05) is 0 Å². The molecule has 0 unspecified atom stereocenters. The van der Waals surface area contributed by atoms with Crippen molar-refractivity contribution in [3.05, 3.63) is 58.7 Å². The van der Waals surface area contributed by atoms with Crippen LogP contribution >= 0.6 is 11.6 Å². The number of methoxy groups -OCH3 is 1. The third kappa shape index (κ3) is 2.14. The van der Waals surface area contributed by atoms with Gasteiger partial charge in [0.15, 0.2) is 0 Å². The highest BCUT2D eigenvalue weighted by atomic mass is 35.5. The fourth-order valence-corrected chi connectivity index (χ4v) is 2.22. The van der Waals surface area contributed by atoms with E-state index in [0.29, 0.717) is 22.0 Å². The zero-order chi connectivity index (χ0) is 14.1. The molecule has 0 bridgehead atoms. The fourth-order valence-electron chi connectivity index (χ4n) is 2.04. The van der Waals surface area contributed by atoms with Gasteiger partial charge in [0.25, 0.3) is 0 Å². The van der Waals surface area contributed by atoms with Gasteiger partial charge in [0, 0.05) is 16.0 Å². The minimum absolute atomic E-state index is 0.138. The molecule has 0 saturated heterocycles. The van der Waals surface area contributed by atoms with Gasteiger partial charge in [-0.1, -0.05) is 11.6 Å². The van der Waals surface area contributed by atoms with Gasteiger partial charge >= 0.3 is 0 Å². The molecule has 0 radical (unpaired) electrons. The minimum Gasteiger partial charge on any atom is -0.497 e. The zero-order valence-electron chi connectivity index (χ0n) is 10.7. The van der Waals surface area contributed by atoms with E-state index in [0.717, 1.165) is 10.9 Å². The van der Waals surface area contributed by atoms with Crippen LogP contribution in [0.15, 0.2) is 42.5 Å². The Labute approximate surface area is 120 Å². The van der Waals surface area contributed by atoms with Gasteiger partial charge in [0.05, 0.1) is 12.6 Å². The van der Waals surface area contributed by atoms with Crippen LogP contribution < -0.4 is 4.74 Å². The molecule has 20 heavy (non-hydrogen) atoms. The number of halogens is 1. The normalized spacial score (nSPS) is 10.7. The molecule has 0 spiro atoms. The highest BCUT2D eigenvalue weighted by Crippen LogP contribution is 2.23. The van der Waals surface area contributed by atoms with Gasteiger partial charge in [0.1, 0.15) is 11.4 Å². The third-order valence-corrected chi connectivity index (χ3v) is 3.33. The number of hydrogen-bond donors (Lipinski definition) is 1. The standard InChI is InChI=1S/C15H11ClN2O2/c1-20-11-5-2-9(3-6-11)15(19)14-12-7-4-10(16)8-13(12)17-18-14/h2-8H,1H3,(H,17,18). The summed E-state index contributed by atoms with van der Waals surface area (Å²) in [6.07, 6.45) is 0. The van der Waals surface area contributed by atoms with Crippen LogP contribution in [0.5, 0.6) is 5.75 Å². The summed E-state index contributed by atoms with van der Waals surface area (Å²) in [6, 6.07) is 12.2. The molecule has 1 aromatic heterocycles. The van der Waals surface area contributed by atoms with Crippen LogP contribution in [0.3, 0.4) is 0 Å². The molecule has 0 aliphatic rings. The first-order chi connectivity index (χ1) is 9.69. The Morgan fingerprint density at radius 3 is 2.65 bits per heavy atom. The van der Waals surface area contributed by atoms with Crippen molar-refractivity contribution >= 4 is 28.3 Å². The maximum Gasteiger partial charge on any atom is 0.213 e. The third-order valence-electron chi connectivity index (χ3n) is 3.09. The van der Waals surface area contributed by atoms with Gasteiger partial charge in [-0.25, -0.2) is 0 Å². The van der Waals surface area contributed by atoms with E-state index in [-0.39, 0.29) is 5.78 Å². The van der Waals surface area contributed by atoms with Crippen molar-refractivity contribution in [3.63, 3.8) is 0 Å². The molecule has 0 saturated carbocycles. The van der Waals surface area contributed by atoms with Gasteiger partial charge in [0.2, 0.25) is 5.78 Å². The van der Waals surface area contributed by atoms with Crippen LogP contribution in [0.25, 0.3) is 10.9 Å². The number of rotatable bonds is 3. The molecule has 2 aromatic carbocycles. The maximum atomic E-state index is 12.4. The number of H-pyrrole nitrogens is 1. The number of aromatic amines is 1. The molecule has 4 nitrogen and oxygen atoms in total. The highest BCUT2D eigenvalue weighted by Gasteiger charge is 2.16. The van der Waals surface area contributed by atoms with E-state index in [1.54, 1.807) is 49.6 Å². The largest absolute Gasteiger partial charge is 0.497 e. The molecule has 0 amide bonds. The number of aromatic nitrogens is 2. The Bertz CT molecular complexity index is 778. The first kappa shape index (κ1) is 12.7. The molecule has 1 heterocycles. The van der Waals surface area contributed by atoms with Crippen molar-refractivity contribution in [1.29, 1.82) is 0 Å². The van der Waals surface area contributed by atoms with E-state index < -0.39 is 0 Å². The summed E-state index contributed by atoms with van der Waals surface area (Å²) in [5, 5.41) is 8.27. The molecule has 0 fully saturated rings. The molecular formula is C15H11ClN2O2. The summed E-state index contributed by atoms with van der Waals surface area (Å²) in [5.74, 6) is 0.571. The van der Waals surface area contributed by atoms with E-state index in [1.165, 1.54) is 0 Å². The summed E-state index contributed by atoms with van der Waals surface area (Å²) in [7, 11) is 1.59. The number of nitrogens with one attached hydrogen (secondary N) is 1. The van der Waals surface area contributed by atoms with Gasteiger partial charge in [-0.3, -0.25) is 9.89 Å². The second-order valence-electron chi connectivity index (χ2n) is 4.32. The number of ketones is 1. The van der Waals surface area contributed by atoms with Crippen LogP contribution in [0.2, 0.25) is 5.02 Å². The van der Waals surface area contributed by atoms with Gasteiger partial charge < -0.3 is 4.74 Å². The Morgan fingerprint density at radius 2 is 1.95 bits per heavy atom. The monoisotopic (exact) mass is 286 g/mol. The average molecular weight is 287 g/mol.